The number of hydrogen-bond acceptors (Lipinski definition) is 4. The van der Waals surface area contributed by atoms with Crippen LogP contribution in [0.1, 0.15) is 23.1 Å². The molecule has 0 amide bonds. The molecule has 11 heteroatoms. The van der Waals surface area contributed by atoms with Crippen LogP contribution in [0.15, 0.2) is 28.9 Å². The van der Waals surface area contributed by atoms with Crippen LogP contribution in [0.4, 0.5) is 32.2 Å². The van der Waals surface area contributed by atoms with Gasteiger partial charge in [0, 0.05) is 6.20 Å². The highest BCUT2D eigenvalue weighted by molar-refractivity contribution is 9.10. The van der Waals surface area contributed by atoms with Crippen molar-refractivity contribution in [2.45, 2.75) is 31.2 Å². The third-order valence-electron chi connectivity index (χ3n) is 4.54. The van der Waals surface area contributed by atoms with Crippen LogP contribution in [0.25, 0.3) is 0 Å². The molecule has 1 aromatic carbocycles. The van der Waals surface area contributed by atoms with E-state index in [4.69, 9.17) is 0 Å². The Morgan fingerprint density at radius 1 is 1.32 bits per heavy atom. The largest absolute Gasteiger partial charge is 0.431 e. The highest BCUT2D eigenvalue weighted by atomic mass is 79.9. The number of hydrogen-bond donors (Lipinski definition) is 2. The molecule has 0 spiro atoms. The Kier molecular flexibility index (Phi) is 5.50. The van der Waals surface area contributed by atoms with Gasteiger partial charge in [-0.15, -0.1) is 0 Å². The number of nitrogens with one attached hydrogen (secondary N) is 1. The van der Waals surface area contributed by atoms with Gasteiger partial charge in [0.1, 0.15) is 5.82 Å². The molecule has 0 unspecified atom stereocenters. The van der Waals surface area contributed by atoms with Gasteiger partial charge in [-0.1, -0.05) is 6.07 Å². The molecule has 0 radical (unpaired) electrons. The van der Waals surface area contributed by atoms with Gasteiger partial charge < -0.3 is 15.2 Å². The molecule has 2 aromatic rings. The van der Waals surface area contributed by atoms with Gasteiger partial charge in [0.2, 0.25) is 0 Å². The van der Waals surface area contributed by atoms with Gasteiger partial charge in [-0.2, -0.15) is 22.0 Å². The first-order valence-electron chi connectivity index (χ1n) is 7.96. The predicted molar refractivity (Wildman–Crippen MR) is 90.7 cm³/mol. The molecule has 0 bridgehead atoms. The van der Waals surface area contributed by atoms with Gasteiger partial charge in [0.25, 0.3) is 0 Å². The SMILES string of the molecule is OC[C@]1(Nc2ncc(C(F)(F)F)cc2OC(F)F)CCc2c1ccc(Br)c2F. The summed E-state index contributed by atoms with van der Waals surface area (Å²) in [6.07, 6.45) is -3.96. The van der Waals surface area contributed by atoms with Crippen molar-refractivity contribution in [1.29, 1.82) is 0 Å². The molecule has 1 heterocycles. The zero-order chi connectivity index (χ0) is 20.7. The van der Waals surface area contributed by atoms with Gasteiger partial charge in [0.05, 0.1) is 22.2 Å². The van der Waals surface area contributed by atoms with Crippen LogP contribution >= 0.6 is 15.9 Å². The summed E-state index contributed by atoms with van der Waals surface area (Å²) < 4.78 is 82.7. The predicted octanol–water partition coefficient (Wildman–Crippen LogP) is 4.85. The molecule has 1 aliphatic rings. The number of ether oxygens (including phenoxy) is 1. The Labute approximate surface area is 163 Å². The van der Waals surface area contributed by atoms with Crippen molar-refractivity contribution >= 4 is 21.7 Å². The molecular formula is C17H13BrF6N2O2. The van der Waals surface area contributed by atoms with Crippen LogP contribution < -0.4 is 10.1 Å². The Morgan fingerprint density at radius 3 is 2.64 bits per heavy atom. The lowest BCUT2D eigenvalue weighted by Crippen LogP contribution is -2.37. The number of benzene rings is 1. The van der Waals surface area contributed by atoms with E-state index < -0.39 is 47.9 Å². The van der Waals surface area contributed by atoms with E-state index in [1.807, 2.05) is 0 Å². The van der Waals surface area contributed by atoms with E-state index >= 15 is 0 Å². The van der Waals surface area contributed by atoms with Crippen LogP contribution in [-0.2, 0) is 18.1 Å². The maximum atomic E-state index is 14.3. The molecule has 152 valence electrons. The Bertz CT molecular complexity index is 893. The highest BCUT2D eigenvalue weighted by Crippen LogP contribution is 2.44. The lowest BCUT2D eigenvalue weighted by atomic mass is 9.92. The number of nitrogens with zero attached hydrogens (tertiary/aromatic N) is 1. The van der Waals surface area contributed by atoms with Crippen molar-refractivity contribution in [2.24, 2.45) is 0 Å². The number of rotatable bonds is 5. The molecule has 2 N–H and O–H groups in total. The molecule has 1 atom stereocenters. The summed E-state index contributed by atoms with van der Waals surface area (Å²) in [5.74, 6) is -1.78. The molecule has 0 fully saturated rings. The number of fused-ring (bicyclic) bond motifs is 1. The average Bonchev–Trinajstić information content (AvgIpc) is 2.98. The smallest absolute Gasteiger partial charge is 0.418 e. The summed E-state index contributed by atoms with van der Waals surface area (Å²) in [4.78, 5) is 3.56. The van der Waals surface area contributed by atoms with E-state index in [1.165, 1.54) is 12.1 Å². The Hall–Kier alpha value is -2.01. The quantitative estimate of drug-likeness (QED) is 0.613. The molecule has 0 aliphatic heterocycles. The third-order valence-corrected chi connectivity index (χ3v) is 5.15. The van der Waals surface area contributed by atoms with Gasteiger partial charge in [-0.25, -0.2) is 9.37 Å². The Balaban J connectivity index is 2.04. The van der Waals surface area contributed by atoms with Crippen molar-refractivity contribution < 1.29 is 36.2 Å². The Morgan fingerprint density at radius 2 is 2.04 bits per heavy atom. The first kappa shape index (κ1) is 20.7. The summed E-state index contributed by atoms with van der Waals surface area (Å²) in [6.45, 7) is -3.96. The number of alkyl halides is 5. The van der Waals surface area contributed by atoms with Crippen LogP contribution in [0.3, 0.4) is 0 Å². The molecule has 4 nitrogen and oxygen atoms in total. The minimum absolute atomic E-state index is 0.170. The van der Waals surface area contributed by atoms with E-state index in [0.29, 0.717) is 23.4 Å². The number of halogens is 7. The lowest BCUT2D eigenvalue weighted by Gasteiger charge is -2.31. The van der Waals surface area contributed by atoms with Crippen LogP contribution in [0.2, 0.25) is 0 Å². The number of aliphatic hydroxyl groups is 1. The average molecular weight is 471 g/mol. The van der Waals surface area contributed by atoms with Gasteiger partial charge in [-0.3, -0.25) is 0 Å². The minimum Gasteiger partial charge on any atom is -0.431 e. The fourth-order valence-electron chi connectivity index (χ4n) is 3.20. The minimum atomic E-state index is -4.81. The summed E-state index contributed by atoms with van der Waals surface area (Å²) >= 11 is 3.06. The van der Waals surface area contributed by atoms with Crippen LogP contribution in [-0.4, -0.2) is 23.3 Å². The molecule has 1 aliphatic carbocycles. The molecule has 0 saturated carbocycles. The second-order valence-electron chi connectivity index (χ2n) is 6.20. The van der Waals surface area contributed by atoms with Gasteiger partial charge in [-0.05, 0) is 52.0 Å². The first-order valence-corrected chi connectivity index (χ1v) is 8.75. The second-order valence-corrected chi connectivity index (χ2v) is 7.05. The number of anilines is 1. The van der Waals surface area contributed by atoms with Crippen molar-refractivity contribution in [3.63, 3.8) is 0 Å². The van der Waals surface area contributed by atoms with Crippen molar-refractivity contribution in [2.75, 3.05) is 11.9 Å². The topological polar surface area (TPSA) is 54.4 Å². The molecule has 28 heavy (non-hydrogen) atoms. The normalized spacial score (nSPS) is 19.0. The van der Waals surface area contributed by atoms with E-state index in [1.54, 1.807) is 0 Å². The third kappa shape index (κ3) is 3.77. The maximum Gasteiger partial charge on any atom is 0.418 e. The zero-order valence-corrected chi connectivity index (χ0v) is 15.5. The van der Waals surface area contributed by atoms with E-state index in [9.17, 15) is 31.4 Å². The van der Waals surface area contributed by atoms with Crippen LogP contribution in [0, 0.1) is 5.82 Å². The fraction of sp³-hybridized carbons (Fsp3) is 0.353. The number of pyridine rings is 1. The van der Waals surface area contributed by atoms with Gasteiger partial charge in [0.15, 0.2) is 11.6 Å². The van der Waals surface area contributed by atoms with Gasteiger partial charge >= 0.3 is 12.8 Å². The van der Waals surface area contributed by atoms with E-state index in [0.717, 1.165) is 0 Å². The highest BCUT2D eigenvalue weighted by Gasteiger charge is 2.41. The summed E-state index contributed by atoms with van der Waals surface area (Å²) in [5.41, 5.74) is -1.92. The molecule has 3 rings (SSSR count). The zero-order valence-electron chi connectivity index (χ0n) is 14.0. The molecular weight excluding hydrogens is 458 g/mol. The van der Waals surface area contributed by atoms with Crippen molar-refractivity contribution in [3.8, 4) is 5.75 Å². The molecule has 0 saturated heterocycles. The standard InChI is InChI=1S/C17H13BrF6N2O2/c18-11-2-1-10-9(13(11)19)3-4-16(10,7-27)26-14-12(28-15(20)21)5-8(6-25-14)17(22,23)24/h1-2,5-6,15,27H,3-4,7H2,(H,25,26)/t16-/m1/s1. The summed E-state index contributed by atoms with van der Waals surface area (Å²) in [7, 11) is 0. The second kappa shape index (κ2) is 7.43. The number of aliphatic hydroxyl groups excluding tert-OH is 1. The fourth-order valence-corrected chi connectivity index (χ4v) is 3.57. The lowest BCUT2D eigenvalue weighted by molar-refractivity contribution is -0.138. The monoisotopic (exact) mass is 470 g/mol. The van der Waals surface area contributed by atoms with Crippen molar-refractivity contribution in [1.82, 2.24) is 4.98 Å². The summed E-state index contributed by atoms with van der Waals surface area (Å²) in [6, 6.07) is 3.35. The van der Waals surface area contributed by atoms with Crippen molar-refractivity contribution in [3.05, 3.63) is 51.4 Å². The van der Waals surface area contributed by atoms with Crippen LogP contribution in [0.5, 0.6) is 5.75 Å². The first-order chi connectivity index (χ1) is 13.1. The maximum absolute atomic E-state index is 14.3. The van der Waals surface area contributed by atoms with E-state index in [-0.39, 0.29) is 17.3 Å². The molecule has 1 aromatic heterocycles. The number of aromatic nitrogens is 1. The van der Waals surface area contributed by atoms with E-state index in [2.05, 4.69) is 31.0 Å². The summed E-state index contributed by atoms with van der Waals surface area (Å²) in [5, 5.41) is 12.6.